The second kappa shape index (κ2) is 13.5. The van der Waals surface area contributed by atoms with E-state index in [1.165, 1.54) is 0 Å². The van der Waals surface area contributed by atoms with Crippen LogP contribution in [-0.2, 0) is 14.4 Å². The topological polar surface area (TPSA) is 90.4 Å². The van der Waals surface area contributed by atoms with Gasteiger partial charge >= 0.3 is 0 Å². The summed E-state index contributed by atoms with van der Waals surface area (Å²) in [7, 11) is 0. The van der Waals surface area contributed by atoms with Crippen LogP contribution in [0.1, 0.15) is 66.7 Å². The Balaban J connectivity index is 1.80. The van der Waals surface area contributed by atoms with Gasteiger partial charge in [-0.3, -0.25) is 14.4 Å². The number of nitrogens with zero attached hydrogens (tertiary/aromatic N) is 3. The van der Waals surface area contributed by atoms with Crippen LogP contribution < -0.4 is 9.64 Å². The summed E-state index contributed by atoms with van der Waals surface area (Å²) in [6, 6.07) is 6.11. The third-order valence-corrected chi connectivity index (χ3v) is 11.7. The number of hydrogen-bond acceptors (Lipinski definition) is 6. The minimum Gasteiger partial charge on any atom is -0.494 e. The summed E-state index contributed by atoms with van der Waals surface area (Å²) in [5.74, 6) is -1.00. The molecule has 1 aromatic rings. The Bertz CT molecular complexity index is 1200. The molecule has 3 fully saturated rings. The molecule has 2 bridgehead atoms. The molecular weight excluding hydrogens is 562 g/mol. The van der Waals surface area contributed by atoms with Gasteiger partial charge in [0, 0.05) is 29.6 Å². The first kappa shape index (κ1) is 33.1. The molecule has 3 unspecified atom stereocenters. The van der Waals surface area contributed by atoms with E-state index in [1.54, 1.807) is 33.7 Å². The molecule has 0 saturated carbocycles. The van der Waals surface area contributed by atoms with Gasteiger partial charge in [0.25, 0.3) is 0 Å². The summed E-state index contributed by atoms with van der Waals surface area (Å²) in [6.07, 6.45) is 7.09. The standard InChI is InChI=1S/C34H49N3O5S/c1-8-13-23(6)35(20-9-2)32(41)29-34-19-18-33(7,43-34)27(28(34)31(40)37(29)24(11-4)22-38)30(39)36(21-10-3)25-14-16-26(17-15-25)42-12-5/h9-10,14-17,23-24,27-29,38H,2-3,8,11-13,18-22H2,1,4-7H3/t23?,24-,27+,28-,29?,33-,34?/m0/s1. The summed E-state index contributed by atoms with van der Waals surface area (Å²) in [6.45, 7) is 18.9. The number of anilines is 1. The average Bonchev–Trinajstić information content (AvgIpc) is 3.56. The highest BCUT2D eigenvalue weighted by molar-refractivity contribution is 8.02. The number of ether oxygens (including phenoxy) is 1. The quantitative estimate of drug-likeness (QED) is 0.279. The van der Waals surface area contributed by atoms with Crippen LogP contribution in [0.5, 0.6) is 5.75 Å². The van der Waals surface area contributed by atoms with Gasteiger partial charge in [-0.2, -0.15) is 0 Å². The molecule has 1 aromatic carbocycles. The molecule has 8 nitrogen and oxygen atoms in total. The number of hydrogen-bond donors (Lipinski definition) is 1. The van der Waals surface area contributed by atoms with Crippen LogP contribution in [-0.4, -0.2) is 86.6 Å². The van der Waals surface area contributed by atoms with Crippen LogP contribution in [0.2, 0.25) is 0 Å². The van der Waals surface area contributed by atoms with Gasteiger partial charge in [-0.1, -0.05) is 32.4 Å². The Hall–Kier alpha value is -2.78. The molecule has 9 heteroatoms. The van der Waals surface area contributed by atoms with Gasteiger partial charge in [-0.25, -0.2) is 0 Å². The smallest absolute Gasteiger partial charge is 0.247 e. The maximum Gasteiger partial charge on any atom is 0.247 e. The zero-order valence-electron chi connectivity index (χ0n) is 26.5. The normalized spacial score (nSPS) is 28.7. The molecule has 3 aliphatic heterocycles. The first-order valence-corrected chi connectivity index (χ1v) is 16.6. The molecule has 3 heterocycles. The van der Waals surface area contributed by atoms with Gasteiger partial charge in [0.2, 0.25) is 17.7 Å². The highest BCUT2D eigenvalue weighted by Gasteiger charge is 2.78. The number of likely N-dealkylation sites (tertiary alicyclic amines) is 1. The molecule has 4 rings (SSSR count). The zero-order valence-corrected chi connectivity index (χ0v) is 27.3. The second-order valence-corrected chi connectivity index (χ2v) is 14.2. The summed E-state index contributed by atoms with van der Waals surface area (Å²) < 4.78 is 4.34. The van der Waals surface area contributed by atoms with Gasteiger partial charge in [0.05, 0.1) is 35.8 Å². The molecule has 7 atom stereocenters. The van der Waals surface area contributed by atoms with Crippen molar-refractivity contribution < 1.29 is 24.2 Å². The number of carbonyl (C=O) groups is 3. The summed E-state index contributed by atoms with van der Waals surface area (Å²) in [5, 5.41) is 10.4. The van der Waals surface area contributed by atoms with Gasteiger partial charge in [0.1, 0.15) is 11.8 Å². The van der Waals surface area contributed by atoms with Gasteiger partial charge in [-0.15, -0.1) is 24.9 Å². The largest absolute Gasteiger partial charge is 0.494 e. The first-order valence-electron chi connectivity index (χ1n) is 15.8. The van der Waals surface area contributed by atoms with Crippen LogP contribution in [0.25, 0.3) is 0 Å². The average molecular weight is 612 g/mol. The molecule has 1 spiro atoms. The van der Waals surface area contributed by atoms with Crippen molar-refractivity contribution in [3.63, 3.8) is 0 Å². The summed E-state index contributed by atoms with van der Waals surface area (Å²) >= 11 is 1.66. The van der Waals surface area contributed by atoms with Crippen LogP contribution in [0.4, 0.5) is 5.69 Å². The predicted molar refractivity (Wildman–Crippen MR) is 173 cm³/mol. The number of aliphatic hydroxyl groups is 1. The van der Waals surface area contributed by atoms with Crippen molar-refractivity contribution in [1.82, 2.24) is 9.80 Å². The van der Waals surface area contributed by atoms with E-state index in [2.05, 4.69) is 27.0 Å². The van der Waals surface area contributed by atoms with E-state index in [4.69, 9.17) is 4.74 Å². The number of carbonyl (C=O) groups excluding carboxylic acids is 3. The van der Waals surface area contributed by atoms with Crippen molar-refractivity contribution in [3.05, 3.63) is 49.6 Å². The third-order valence-electron chi connectivity index (χ3n) is 9.67. The molecule has 0 aliphatic carbocycles. The van der Waals surface area contributed by atoms with Gasteiger partial charge in [-0.05, 0) is 70.7 Å². The van der Waals surface area contributed by atoms with Gasteiger partial charge < -0.3 is 24.5 Å². The van der Waals surface area contributed by atoms with Crippen LogP contribution in [0.15, 0.2) is 49.6 Å². The number of benzene rings is 1. The number of aliphatic hydroxyl groups excluding tert-OH is 1. The highest BCUT2D eigenvalue weighted by atomic mass is 32.2. The molecule has 0 radical (unpaired) electrons. The molecule has 3 saturated heterocycles. The van der Waals surface area contributed by atoms with Crippen molar-refractivity contribution in [2.75, 3.05) is 31.2 Å². The Morgan fingerprint density at radius 2 is 1.81 bits per heavy atom. The van der Waals surface area contributed by atoms with Crippen LogP contribution in [0.3, 0.4) is 0 Å². The van der Waals surface area contributed by atoms with Crippen molar-refractivity contribution in [2.45, 2.75) is 94.3 Å². The molecule has 236 valence electrons. The predicted octanol–water partition coefficient (Wildman–Crippen LogP) is 5.06. The van der Waals surface area contributed by atoms with E-state index in [1.807, 2.05) is 49.9 Å². The molecule has 0 aromatic heterocycles. The maximum absolute atomic E-state index is 14.7. The number of fused-ring (bicyclic) bond motifs is 1. The van der Waals surface area contributed by atoms with E-state index < -0.39 is 33.4 Å². The highest BCUT2D eigenvalue weighted by Crippen LogP contribution is 2.72. The maximum atomic E-state index is 14.7. The minimum atomic E-state index is -0.760. The Morgan fingerprint density at radius 3 is 2.37 bits per heavy atom. The van der Waals surface area contributed by atoms with Crippen molar-refractivity contribution in [2.24, 2.45) is 11.8 Å². The van der Waals surface area contributed by atoms with E-state index in [0.29, 0.717) is 38.2 Å². The molecular formula is C34H49N3O5S. The van der Waals surface area contributed by atoms with Crippen molar-refractivity contribution in [1.29, 1.82) is 0 Å². The fourth-order valence-electron chi connectivity index (χ4n) is 7.69. The second-order valence-electron chi connectivity index (χ2n) is 12.3. The third kappa shape index (κ3) is 5.63. The fraction of sp³-hybridized carbons (Fsp3) is 0.618. The lowest BCUT2D eigenvalue weighted by molar-refractivity contribution is -0.147. The van der Waals surface area contributed by atoms with E-state index in [-0.39, 0.29) is 30.4 Å². The fourth-order valence-corrected chi connectivity index (χ4v) is 10.0. The molecule has 3 amide bonds. The molecule has 1 N–H and O–H groups in total. The van der Waals surface area contributed by atoms with Crippen molar-refractivity contribution >= 4 is 35.2 Å². The first-order chi connectivity index (χ1) is 20.6. The Kier molecular flexibility index (Phi) is 10.4. The van der Waals surface area contributed by atoms with Gasteiger partial charge in [0.15, 0.2) is 0 Å². The van der Waals surface area contributed by atoms with Crippen LogP contribution >= 0.6 is 11.8 Å². The van der Waals surface area contributed by atoms with E-state index in [0.717, 1.165) is 25.0 Å². The number of thioether (sulfide) groups is 1. The minimum absolute atomic E-state index is 0.0310. The number of rotatable bonds is 15. The van der Waals surface area contributed by atoms with Crippen LogP contribution in [0, 0.1) is 11.8 Å². The summed E-state index contributed by atoms with van der Waals surface area (Å²) in [5.41, 5.74) is 0.709. The Labute approximate surface area is 261 Å². The molecule has 3 aliphatic rings. The number of amides is 3. The lowest BCUT2D eigenvalue weighted by Crippen LogP contribution is -2.58. The van der Waals surface area contributed by atoms with Crippen molar-refractivity contribution in [3.8, 4) is 5.75 Å². The molecule has 43 heavy (non-hydrogen) atoms. The monoisotopic (exact) mass is 611 g/mol. The zero-order chi connectivity index (χ0) is 31.5. The lowest BCUT2D eigenvalue weighted by Gasteiger charge is -2.41. The summed E-state index contributed by atoms with van der Waals surface area (Å²) in [4.78, 5) is 49.1. The Morgan fingerprint density at radius 1 is 1.14 bits per heavy atom. The lowest BCUT2D eigenvalue weighted by atomic mass is 9.66. The van der Waals surface area contributed by atoms with E-state index in [9.17, 15) is 19.5 Å². The van der Waals surface area contributed by atoms with E-state index >= 15 is 0 Å². The SMILES string of the molecule is C=CCN(C(=O)[C@H]1[C@H]2C(=O)N([C@@H](CC)CO)C(C(=O)N(CC=C)C(C)CCC)C23CC[C@]1(C)S3)c1ccc(OCC)cc1.